The summed E-state index contributed by atoms with van der Waals surface area (Å²) in [6, 6.07) is 17.8. The molecule has 2 aromatic carbocycles. The highest BCUT2D eigenvalue weighted by Gasteiger charge is 2.12. The van der Waals surface area contributed by atoms with Crippen LogP contribution >= 0.6 is 11.6 Å². The molecule has 3 aromatic rings. The third kappa shape index (κ3) is 5.05. The van der Waals surface area contributed by atoms with E-state index in [1.165, 1.54) is 0 Å². The van der Waals surface area contributed by atoms with Gasteiger partial charge in [0.15, 0.2) is 0 Å². The zero-order valence-electron chi connectivity index (χ0n) is 14.5. The van der Waals surface area contributed by atoms with Crippen molar-refractivity contribution in [1.82, 2.24) is 10.4 Å². The number of anilines is 2. The molecule has 7 heteroatoms. The molecule has 3 rings (SSSR count). The summed E-state index contributed by atoms with van der Waals surface area (Å²) in [6.45, 7) is 0. The van der Waals surface area contributed by atoms with Gasteiger partial charge in [0.25, 0.3) is 5.91 Å². The molecule has 0 aliphatic carbocycles. The lowest BCUT2D eigenvalue weighted by molar-refractivity contribution is 0.0955. The topological polar surface area (TPSA) is 75.6 Å². The maximum Gasteiger partial charge on any atom is 0.275 e. The molecule has 1 aromatic heterocycles. The second-order valence-corrected chi connectivity index (χ2v) is 5.94. The van der Waals surface area contributed by atoms with Crippen LogP contribution in [0.1, 0.15) is 15.9 Å². The average Bonchev–Trinajstić information content (AvgIpc) is 2.69. The van der Waals surface area contributed by atoms with Crippen molar-refractivity contribution < 1.29 is 9.53 Å². The molecule has 27 heavy (non-hydrogen) atoms. The van der Waals surface area contributed by atoms with Crippen LogP contribution in [0.5, 0.6) is 5.75 Å². The van der Waals surface area contributed by atoms with Crippen molar-refractivity contribution in [1.29, 1.82) is 0 Å². The Bertz CT molecular complexity index is 958. The van der Waals surface area contributed by atoms with E-state index >= 15 is 0 Å². The van der Waals surface area contributed by atoms with Gasteiger partial charge in [0, 0.05) is 16.9 Å². The number of aromatic nitrogens is 1. The molecule has 0 radical (unpaired) electrons. The number of hydrazone groups is 1. The Labute approximate surface area is 161 Å². The summed E-state index contributed by atoms with van der Waals surface area (Å²) in [4.78, 5) is 16.7. The van der Waals surface area contributed by atoms with Crippen molar-refractivity contribution >= 4 is 35.2 Å². The molecule has 0 aliphatic heterocycles. The smallest absolute Gasteiger partial charge is 0.275 e. The standard InChI is InChI=1S/C20H17ClN4O2/c1-27-17-9-7-14(8-10-17)13-23-25-20(26)18-6-3-11-22-19(18)24-16-5-2-4-15(21)12-16/h2-13H,1H3,(H,22,24)(H,25,26)/b23-13+. The molecular formula is C20H17ClN4O2. The Morgan fingerprint density at radius 2 is 1.96 bits per heavy atom. The van der Waals surface area contributed by atoms with E-state index in [-0.39, 0.29) is 5.91 Å². The van der Waals surface area contributed by atoms with E-state index < -0.39 is 0 Å². The molecule has 0 aliphatic rings. The molecule has 0 atom stereocenters. The van der Waals surface area contributed by atoms with Crippen LogP contribution in [0.3, 0.4) is 0 Å². The molecule has 0 saturated carbocycles. The van der Waals surface area contributed by atoms with E-state index in [1.54, 1.807) is 43.8 Å². The minimum atomic E-state index is -0.377. The Hall–Kier alpha value is -3.38. The molecule has 0 unspecified atom stereocenters. The molecule has 136 valence electrons. The Morgan fingerprint density at radius 1 is 1.15 bits per heavy atom. The van der Waals surface area contributed by atoms with Crippen LogP contribution in [-0.2, 0) is 0 Å². The lowest BCUT2D eigenvalue weighted by Crippen LogP contribution is -2.19. The van der Waals surface area contributed by atoms with Gasteiger partial charge in [-0.25, -0.2) is 10.4 Å². The minimum Gasteiger partial charge on any atom is -0.497 e. The van der Waals surface area contributed by atoms with Gasteiger partial charge in [-0.3, -0.25) is 4.79 Å². The average molecular weight is 381 g/mol. The number of halogens is 1. The number of pyridine rings is 1. The Balaban J connectivity index is 1.70. The van der Waals surface area contributed by atoms with Crippen molar-refractivity contribution in [3.63, 3.8) is 0 Å². The number of carbonyl (C=O) groups is 1. The molecule has 0 bridgehead atoms. The molecule has 1 heterocycles. The highest BCUT2D eigenvalue weighted by atomic mass is 35.5. The Morgan fingerprint density at radius 3 is 2.70 bits per heavy atom. The predicted molar refractivity (Wildman–Crippen MR) is 107 cm³/mol. The Kier molecular flexibility index (Phi) is 6.02. The van der Waals surface area contributed by atoms with E-state index in [1.807, 2.05) is 36.4 Å². The van der Waals surface area contributed by atoms with Gasteiger partial charge in [-0.1, -0.05) is 17.7 Å². The maximum atomic E-state index is 12.5. The van der Waals surface area contributed by atoms with Crippen LogP contribution in [0.15, 0.2) is 72.0 Å². The number of nitrogens with zero attached hydrogens (tertiary/aromatic N) is 2. The molecular weight excluding hydrogens is 364 g/mol. The molecule has 0 spiro atoms. The van der Waals surface area contributed by atoms with Gasteiger partial charge in [-0.05, 0) is 60.2 Å². The van der Waals surface area contributed by atoms with Gasteiger partial charge in [0.2, 0.25) is 0 Å². The van der Waals surface area contributed by atoms with Crippen LogP contribution in [-0.4, -0.2) is 24.2 Å². The van der Waals surface area contributed by atoms with E-state index in [0.29, 0.717) is 16.4 Å². The van der Waals surface area contributed by atoms with Crippen molar-refractivity contribution in [2.75, 3.05) is 12.4 Å². The summed E-state index contributed by atoms with van der Waals surface area (Å²) < 4.78 is 5.10. The lowest BCUT2D eigenvalue weighted by Gasteiger charge is -2.10. The monoisotopic (exact) mass is 380 g/mol. The number of ether oxygens (including phenoxy) is 1. The van der Waals surface area contributed by atoms with Crippen LogP contribution in [0.25, 0.3) is 0 Å². The molecule has 6 nitrogen and oxygen atoms in total. The zero-order valence-corrected chi connectivity index (χ0v) is 15.3. The summed E-state index contributed by atoms with van der Waals surface area (Å²) in [5.41, 5.74) is 4.44. The van der Waals surface area contributed by atoms with Gasteiger partial charge < -0.3 is 10.1 Å². The first-order valence-electron chi connectivity index (χ1n) is 8.11. The largest absolute Gasteiger partial charge is 0.497 e. The van der Waals surface area contributed by atoms with Crippen molar-refractivity contribution in [3.05, 3.63) is 83.0 Å². The maximum absolute atomic E-state index is 12.5. The molecule has 1 amide bonds. The molecule has 2 N–H and O–H groups in total. The highest BCUT2D eigenvalue weighted by molar-refractivity contribution is 6.30. The van der Waals surface area contributed by atoms with E-state index in [2.05, 4.69) is 20.8 Å². The summed E-state index contributed by atoms with van der Waals surface area (Å²) in [7, 11) is 1.60. The number of hydrogen-bond acceptors (Lipinski definition) is 5. The number of amides is 1. The third-order valence-corrected chi connectivity index (χ3v) is 3.87. The normalized spacial score (nSPS) is 10.6. The van der Waals surface area contributed by atoms with Crippen molar-refractivity contribution in [3.8, 4) is 5.75 Å². The van der Waals surface area contributed by atoms with Crippen LogP contribution in [0.2, 0.25) is 5.02 Å². The summed E-state index contributed by atoms with van der Waals surface area (Å²) in [5.74, 6) is 0.789. The first-order chi connectivity index (χ1) is 13.2. The number of rotatable bonds is 6. The quantitative estimate of drug-likeness (QED) is 0.495. The molecule has 0 saturated heterocycles. The fourth-order valence-electron chi connectivity index (χ4n) is 2.31. The fraction of sp³-hybridized carbons (Fsp3) is 0.0500. The summed E-state index contributed by atoms with van der Waals surface area (Å²) >= 11 is 5.99. The predicted octanol–water partition coefficient (Wildman–Crippen LogP) is 4.25. The van der Waals surface area contributed by atoms with E-state index in [9.17, 15) is 4.79 Å². The second-order valence-electron chi connectivity index (χ2n) is 5.51. The van der Waals surface area contributed by atoms with Crippen LogP contribution < -0.4 is 15.5 Å². The fourth-order valence-corrected chi connectivity index (χ4v) is 2.50. The summed E-state index contributed by atoms with van der Waals surface area (Å²) in [6.07, 6.45) is 3.15. The number of methoxy groups -OCH3 is 1. The number of hydrogen-bond donors (Lipinski definition) is 2. The van der Waals surface area contributed by atoms with Crippen molar-refractivity contribution in [2.45, 2.75) is 0 Å². The minimum absolute atomic E-state index is 0.365. The number of carbonyl (C=O) groups excluding carboxylic acids is 1. The van der Waals surface area contributed by atoms with Crippen molar-refractivity contribution in [2.24, 2.45) is 5.10 Å². The van der Waals surface area contributed by atoms with Gasteiger partial charge in [-0.15, -0.1) is 0 Å². The highest BCUT2D eigenvalue weighted by Crippen LogP contribution is 2.21. The lowest BCUT2D eigenvalue weighted by atomic mass is 10.2. The SMILES string of the molecule is COc1ccc(/C=N/NC(=O)c2cccnc2Nc2cccc(Cl)c2)cc1. The van der Waals surface area contributed by atoms with Gasteiger partial charge in [-0.2, -0.15) is 5.10 Å². The van der Waals surface area contributed by atoms with E-state index in [4.69, 9.17) is 16.3 Å². The van der Waals surface area contributed by atoms with Crippen LogP contribution in [0.4, 0.5) is 11.5 Å². The third-order valence-electron chi connectivity index (χ3n) is 3.64. The van der Waals surface area contributed by atoms with Gasteiger partial charge in [0.1, 0.15) is 11.6 Å². The zero-order chi connectivity index (χ0) is 19.1. The first kappa shape index (κ1) is 18.4. The summed E-state index contributed by atoms with van der Waals surface area (Å²) in [5, 5.41) is 7.68. The number of nitrogens with one attached hydrogen (secondary N) is 2. The molecule has 0 fully saturated rings. The second kappa shape index (κ2) is 8.82. The van der Waals surface area contributed by atoms with Crippen LogP contribution in [0, 0.1) is 0 Å². The number of benzene rings is 2. The first-order valence-corrected chi connectivity index (χ1v) is 8.48. The van der Waals surface area contributed by atoms with E-state index in [0.717, 1.165) is 17.0 Å². The van der Waals surface area contributed by atoms with Gasteiger partial charge in [0.05, 0.1) is 18.9 Å². The van der Waals surface area contributed by atoms with Gasteiger partial charge >= 0.3 is 0 Å².